The molecule has 0 bridgehead atoms. The molecule has 6 heteroatoms. The maximum Gasteiger partial charge on any atom is 0.264 e. The van der Waals surface area contributed by atoms with Gasteiger partial charge >= 0.3 is 0 Å². The molecule has 2 heterocycles. The van der Waals surface area contributed by atoms with Crippen LogP contribution < -0.4 is 9.04 Å². The van der Waals surface area contributed by atoms with Crippen molar-refractivity contribution in [3.05, 3.63) is 115 Å². The van der Waals surface area contributed by atoms with Gasteiger partial charge in [0.15, 0.2) is 0 Å². The fourth-order valence-corrected chi connectivity index (χ4v) is 5.46. The zero-order valence-corrected chi connectivity index (χ0v) is 20.4. The van der Waals surface area contributed by atoms with Crippen LogP contribution in [0.4, 0.5) is 5.69 Å². The predicted molar refractivity (Wildman–Crippen MR) is 140 cm³/mol. The first-order valence-electron chi connectivity index (χ1n) is 11.4. The quantitative estimate of drug-likeness (QED) is 0.322. The number of anilines is 1. The van der Waals surface area contributed by atoms with Gasteiger partial charge in [-0.25, -0.2) is 13.4 Å². The molecule has 0 atom stereocenters. The molecule has 0 saturated carbocycles. The third kappa shape index (κ3) is 4.84. The summed E-state index contributed by atoms with van der Waals surface area (Å²) >= 11 is 0. The third-order valence-electron chi connectivity index (χ3n) is 5.86. The van der Waals surface area contributed by atoms with E-state index in [0.717, 1.165) is 11.1 Å². The minimum Gasteiger partial charge on any atom is -0.482 e. The highest BCUT2D eigenvalue weighted by atomic mass is 32.2. The van der Waals surface area contributed by atoms with Gasteiger partial charge in [0.2, 0.25) is 0 Å². The van der Waals surface area contributed by atoms with Gasteiger partial charge in [-0.2, -0.15) is 0 Å². The van der Waals surface area contributed by atoms with Crippen molar-refractivity contribution in [1.82, 2.24) is 4.98 Å². The van der Waals surface area contributed by atoms with E-state index >= 15 is 0 Å². The number of sulfonamides is 1. The number of fused-ring (bicyclic) bond motifs is 1. The lowest BCUT2D eigenvalue weighted by atomic mass is 10.1. The lowest BCUT2D eigenvalue weighted by Gasteiger charge is -2.28. The molecule has 0 N–H and O–H groups in total. The van der Waals surface area contributed by atoms with E-state index in [-0.39, 0.29) is 11.4 Å². The molecule has 0 spiro atoms. The summed E-state index contributed by atoms with van der Waals surface area (Å²) in [4.78, 5) is 4.91. The molecule has 176 valence electrons. The number of nitrogens with zero attached hydrogens (tertiary/aromatic N) is 2. The van der Waals surface area contributed by atoms with Crippen molar-refractivity contribution in [2.45, 2.75) is 30.9 Å². The first-order chi connectivity index (χ1) is 16.8. The van der Waals surface area contributed by atoms with Crippen LogP contribution in [0.25, 0.3) is 17.2 Å². The Morgan fingerprint density at radius 1 is 0.800 bits per heavy atom. The number of hydrogen-bond acceptors (Lipinski definition) is 4. The Morgan fingerprint density at radius 3 is 2.11 bits per heavy atom. The zero-order chi connectivity index (χ0) is 24.5. The number of para-hydroxylation sites is 1. The molecule has 0 aliphatic carbocycles. The Kier molecular flexibility index (Phi) is 5.91. The van der Waals surface area contributed by atoms with Crippen molar-refractivity contribution in [2.24, 2.45) is 0 Å². The highest BCUT2D eigenvalue weighted by Gasteiger charge is 2.27. The topological polar surface area (TPSA) is 59.5 Å². The van der Waals surface area contributed by atoms with Crippen LogP contribution in [0.15, 0.2) is 108 Å². The van der Waals surface area contributed by atoms with E-state index < -0.39 is 15.6 Å². The summed E-state index contributed by atoms with van der Waals surface area (Å²) in [5.74, 6) is 0.687. The van der Waals surface area contributed by atoms with Crippen LogP contribution >= 0.6 is 0 Å². The van der Waals surface area contributed by atoms with Gasteiger partial charge in [-0.1, -0.05) is 60.7 Å². The highest BCUT2D eigenvalue weighted by Crippen LogP contribution is 2.31. The number of rotatable bonds is 6. The van der Waals surface area contributed by atoms with Crippen LogP contribution in [-0.4, -0.2) is 19.0 Å². The van der Waals surface area contributed by atoms with Crippen molar-refractivity contribution in [3.63, 3.8) is 0 Å². The van der Waals surface area contributed by atoms with Gasteiger partial charge in [-0.3, -0.25) is 4.31 Å². The molecule has 35 heavy (non-hydrogen) atoms. The van der Waals surface area contributed by atoms with Gasteiger partial charge < -0.3 is 4.74 Å². The van der Waals surface area contributed by atoms with Crippen LogP contribution in [0.1, 0.15) is 25.2 Å². The molecule has 0 fully saturated rings. The van der Waals surface area contributed by atoms with E-state index in [1.165, 1.54) is 4.31 Å². The molecule has 1 aliphatic rings. The maximum absolute atomic E-state index is 13.8. The molecule has 0 saturated heterocycles. The van der Waals surface area contributed by atoms with Gasteiger partial charge in [-0.15, -0.1) is 0 Å². The fourth-order valence-electron chi connectivity index (χ4n) is 4.03. The van der Waals surface area contributed by atoms with Crippen LogP contribution in [0.5, 0.6) is 5.75 Å². The van der Waals surface area contributed by atoms with Crippen molar-refractivity contribution < 1.29 is 13.2 Å². The van der Waals surface area contributed by atoms with Crippen molar-refractivity contribution in [1.29, 1.82) is 0 Å². The van der Waals surface area contributed by atoms with E-state index in [9.17, 15) is 8.42 Å². The Bertz CT molecular complexity index is 1460. The molecular formula is C29H26N2O3S. The van der Waals surface area contributed by atoms with Gasteiger partial charge in [0.25, 0.3) is 10.0 Å². The average Bonchev–Trinajstić information content (AvgIpc) is 2.88. The molecule has 0 amide bonds. The Hall–Kier alpha value is -3.90. The highest BCUT2D eigenvalue weighted by molar-refractivity contribution is 7.92. The van der Waals surface area contributed by atoms with Gasteiger partial charge in [0.1, 0.15) is 17.0 Å². The molecule has 4 aromatic rings. The van der Waals surface area contributed by atoms with E-state index in [2.05, 4.69) is 4.98 Å². The maximum atomic E-state index is 13.8. The summed E-state index contributed by atoms with van der Waals surface area (Å²) in [6.45, 7) is 4.05. The molecular weight excluding hydrogens is 456 g/mol. The lowest BCUT2D eigenvalue weighted by Crippen LogP contribution is -2.31. The molecule has 5 nitrogen and oxygen atoms in total. The summed E-state index contributed by atoms with van der Waals surface area (Å²) in [6.07, 6.45) is 3.87. The summed E-state index contributed by atoms with van der Waals surface area (Å²) in [7, 11) is -3.85. The van der Waals surface area contributed by atoms with Crippen molar-refractivity contribution in [3.8, 4) is 16.9 Å². The minimum absolute atomic E-state index is 0.0945. The number of ether oxygens (including phenoxy) is 1. The SMILES string of the molecule is CC1(C)C=Cc2nc(CN(c3ccccc3)S(=O)(=O)c3ccc(-c4ccccc4)cc3)ccc2O1. The smallest absolute Gasteiger partial charge is 0.264 e. The lowest BCUT2D eigenvalue weighted by molar-refractivity contribution is 0.158. The largest absolute Gasteiger partial charge is 0.482 e. The van der Waals surface area contributed by atoms with E-state index in [1.807, 2.05) is 98.8 Å². The van der Waals surface area contributed by atoms with E-state index in [1.54, 1.807) is 24.3 Å². The molecule has 0 unspecified atom stereocenters. The first kappa shape index (κ1) is 22.9. The monoisotopic (exact) mass is 482 g/mol. The summed E-state index contributed by atoms with van der Waals surface area (Å²) in [5.41, 5.74) is 3.49. The molecule has 1 aromatic heterocycles. The number of aromatic nitrogens is 1. The molecule has 3 aromatic carbocycles. The van der Waals surface area contributed by atoms with Crippen LogP contribution in [0.3, 0.4) is 0 Å². The fraction of sp³-hybridized carbons (Fsp3) is 0.138. The second-order valence-electron chi connectivity index (χ2n) is 8.96. The predicted octanol–water partition coefficient (Wildman–Crippen LogP) is 6.33. The number of benzene rings is 3. The van der Waals surface area contributed by atoms with E-state index in [0.29, 0.717) is 22.8 Å². The second-order valence-corrected chi connectivity index (χ2v) is 10.8. The minimum atomic E-state index is -3.85. The Balaban J connectivity index is 1.49. The van der Waals surface area contributed by atoms with Gasteiger partial charge in [0, 0.05) is 0 Å². The van der Waals surface area contributed by atoms with Crippen LogP contribution in [0.2, 0.25) is 0 Å². The summed E-state index contributed by atoms with van der Waals surface area (Å²) in [5, 5.41) is 0. The summed E-state index contributed by atoms with van der Waals surface area (Å²) < 4.78 is 35.0. The van der Waals surface area contributed by atoms with Crippen LogP contribution in [0, 0.1) is 0 Å². The number of pyridine rings is 1. The molecule has 0 radical (unpaired) electrons. The normalized spacial score (nSPS) is 14.1. The van der Waals surface area contributed by atoms with Crippen LogP contribution in [-0.2, 0) is 16.6 Å². The van der Waals surface area contributed by atoms with E-state index in [4.69, 9.17) is 4.74 Å². The van der Waals surface area contributed by atoms with Crippen molar-refractivity contribution >= 4 is 21.8 Å². The first-order valence-corrected chi connectivity index (χ1v) is 12.9. The average molecular weight is 483 g/mol. The standard InChI is InChI=1S/C29H26N2O3S/c1-29(2)20-19-27-28(34-29)18-15-24(30-27)21-31(25-11-7-4-8-12-25)35(32,33)26-16-13-23(14-17-26)22-9-5-3-6-10-22/h3-20H,21H2,1-2H3. The third-order valence-corrected chi connectivity index (χ3v) is 7.65. The van der Waals surface area contributed by atoms with Gasteiger partial charge in [-0.05, 0) is 73.5 Å². The zero-order valence-electron chi connectivity index (χ0n) is 19.6. The summed E-state index contributed by atoms with van der Waals surface area (Å²) in [6, 6.07) is 29.7. The number of hydrogen-bond donors (Lipinski definition) is 0. The van der Waals surface area contributed by atoms with Gasteiger partial charge in [0.05, 0.1) is 22.8 Å². The van der Waals surface area contributed by atoms with Crippen molar-refractivity contribution in [2.75, 3.05) is 4.31 Å². The molecule has 1 aliphatic heterocycles. The molecule has 5 rings (SSSR count). The Morgan fingerprint density at radius 2 is 1.43 bits per heavy atom. The second kappa shape index (κ2) is 9.04. The Labute approximate surface area is 206 Å².